The lowest BCUT2D eigenvalue weighted by molar-refractivity contribution is 0.142. The number of aromatic nitrogens is 2. The molecule has 1 aromatic rings. The van der Waals surface area contributed by atoms with Gasteiger partial charge >= 0.3 is 12.1 Å². The first-order chi connectivity index (χ1) is 13.0. The van der Waals surface area contributed by atoms with E-state index in [9.17, 15) is 9.59 Å². The standard InChI is InChI=1S/C18H29N7O3/c1-13(2)12-25(15-7-9-20-14(11-19)22-15)23-16(26)24(18(3,4)5)10-6-8-21-17(27)28/h7,9,13,21H,6,8,10,12H2,1-5H3,(H,23,26)(H,27,28). The van der Waals surface area contributed by atoms with Gasteiger partial charge in [0.15, 0.2) is 5.82 Å². The molecule has 0 unspecified atom stereocenters. The van der Waals surface area contributed by atoms with Crippen LogP contribution < -0.4 is 15.8 Å². The number of hydrogen-bond donors (Lipinski definition) is 3. The van der Waals surface area contributed by atoms with Crippen LogP contribution in [-0.4, -0.2) is 57.3 Å². The van der Waals surface area contributed by atoms with Gasteiger partial charge in [0.2, 0.25) is 5.82 Å². The Hall–Kier alpha value is -3.09. The van der Waals surface area contributed by atoms with Crippen molar-refractivity contribution in [3.05, 3.63) is 18.1 Å². The van der Waals surface area contributed by atoms with E-state index in [-0.39, 0.29) is 24.3 Å². The molecular formula is C18H29N7O3. The molecule has 0 saturated carbocycles. The molecule has 10 heteroatoms. The van der Waals surface area contributed by atoms with Gasteiger partial charge in [-0.25, -0.2) is 20.0 Å². The maximum absolute atomic E-state index is 13.0. The van der Waals surface area contributed by atoms with Crippen molar-refractivity contribution in [2.24, 2.45) is 5.92 Å². The summed E-state index contributed by atoms with van der Waals surface area (Å²) < 4.78 is 0. The molecule has 1 aromatic heterocycles. The molecule has 0 aliphatic heterocycles. The lowest BCUT2D eigenvalue weighted by Crippen LogP contribution is -2.56. The number of nitriles is 1. The highest BCUT2D eigenvalue weighted by Crippen LogP contribution is 2.16. The molecule has 0 spiro atoms. The number of nitrogens with one attached hydrogen (secondary N) is 2. The van der Waals surface area contributed by atoms with Crippen molar-refractivity contribution < 1.29 is 14.7 Å². The van der Waals surface area contributed by atoms with Crippen LogP contribution in [0.5, 0.6) is 0 Å². The second kappa shape index (κ2) is 10.3. The van der Waals surface area contributed by atoms with Gasteiger partial charge in [0.25, 0.3) is 0 Å². The Bertz CT molecular complexity index is 710. The largest absolute Gasteiger partial charge is 0.465 e. The van der Waals surface area contributed by atoms with E-state index < -0.39 is 11.6 Å². The van der Waals surface area contributed by atoms with Gasteiger partial charge in [-0.05, 0) is 33.1 Å². The van der Waals surface area contributed by atoms with Crippen LogP contribution in [0.15, 0.2) is 12.3 Å². The summed E-state index contributed by atoms with van der Waals surface area (Å²) in [5, 5.41) is 21.6. The molecule has 0 aromatic carbocycles. The van der Waals surface area contributed by atoms with Crippen LogP contribution >= 0.6 is 0 Å². The zero-order valence-electron chi connectivity index (χ0n) is 17.1. The number of hydrazine groups is 1. The van der Waals surface area contributed by atoms with Gasteiger partial charge in [0, 0.05) is 37.4 Å². The van der Waals surface area contributed by atoms with E-state index in [0.717, 1.165) is 0 Å². The predicted molar refractivity (Wildman–Crippen MR) is 105 cm³/mol. The number of nitrogens with zero attached hydrogens (tertiary/aromatic N) is 5. The van der Waals surface area contributed by atoms with E-state index in [1.54, 1.807) is 16.0 Å². The van der Waals surface area contributed by atoms with Crippen LogP contribution in [0.25, 0.3) is 0 Å². The lowest BCUT2D eigenvalue weighted by atomic mass is 10.1. The number of carbonyl (C=O) groups is 2. The van der Waals surface area contributed by atoms with E-state index in [1.165, 1.54) is 6.20 Å². The van der Waals surface area contributed by atoms with Crippen molar-refractivity contribution in [2.45, 2.75) is 46.6 Å². The van der Waals surface area contributed by atoms with E-state index in [2.05, 4.69) is 20.7 Å². The van der Waals surface area contributed by atoms with E-state index in [0.29, 0.717) is 25.3 Å². The minimum absolute atomic E-state index is 0.0212. The zero-order chi connectivity index (χ0) is 21.3. The van der Waals surface area contributed by atoms with Gasteiger partial charge in [-0.1, -0.05) is 13.8 Å². The van der Waals surface area contributed by atoms with Gasteiger partial charge < -0.3 is 15.3 Å². The molecule has 0 aliphatic carbocycles. The first-order valence-electron chi connectivity index (χ1n) is 9.10. The molecule has 28 heavy (non-hydrogen) atoms. The summed E-state index contributed by atoms with van der Waals surface area (Å²) in [6, 6.07) is 3.19. The van der Waals surface area contributed by atoms with Crippen LogP contribution in [0.4, 0.5) is 15.4 Å². The second-order valence-electron chi connectivity index (χ2n) is 7.68. The highest BCUT2D eigenvalue weighted by atomic mass is 16.4. The van der Waals surface area contributed by atoms with Crippen molar-refractivity contribution in [1.82, 2.24) is 25.6 Å². The number of rotatable bonds is 8. The molecule has 0 fully saturated rings. The normalized spacial score (nSPS) is 10.9. The molecule has 0 atom stereocenters. The van der Waals surface area contributed by atoms with E-state index >= 15 is 0 Å². The summed E-state index contributed by atoms with van der Waals surface area (Å²) in [5.41, 5.74) is 2.38. The molecule has 0 saturated heterocycles. The number of carbonyl (C=O) groups excluding carboxylic acids is 1. The van der Waals surface area contributed by atoms with Gasteiger partial charge in [-0.2, -0.15) is 10.2 Å². The van der Waals surface area contributed by atoms with Crippen molar-refractivity contribution in [1.29, 1.82) is 5.26 Å². The fraction of sp³-hybridized carbons (Fsp3) is 0.611. The van der Waals surface area contributed by atoms with Gasteiger partial charge in [0.05, 0.1) is 0 Å². The zero-order valence-corrected chi connectivity index (χ0v) is 17.1. The number of urea groups is 1. The highest BCUT2D eigenvalue weighted by molar-refractivity contribution is 5.76. The van der Waals surface area contributed by atoms with E-state index in [4.69, 9.17) is 10.4 Å². The average molecular weight is 391 g/mol. The summed E-state index contributed by atoms with van der Waals surface area (Å²) in [4.78, 5) is 33.2. The molecule has 3 N–H and O–H groups in total. The van der Waals surface area contributed by atoms with Gasteiger partial charge in [-0.3, -0.25) is 5.01 Å². The summed E-state index contributed by atoms with van der Waals surface area (Å²) in [6.07, 6.45) is 0.860. The topological polar surface area (TPSA) is 134 Å². The first kappa shape index (κ1) is 23.0. The SMILES string of the molecule is CC(C)CN(NC(=O)N(CCCNC(=O)O)C(C)(C)C)c1ccnc(C#N)n1. The third-order valence-electron chi connectivity index (χ3n) is 3.69. The van der Waals surface area contributed by atoms with Crippen LogP contribution in [0.2, 0.25) is 0 Å². The Kier molecular flexibility index (Phi) is 8.44. The molecule has 0 radical (unpaired) electrons. The summed E-state index contributed by atoms with van der Waals surface area (Å²) in [7, 11) is 0. The molecule has 0 aliphatic rings. The van der Waals surface area contributed by atoms with Crippen LogP contribution in [0, 0.1) is 17.2 Å². The fourth-order valence-corrected chi connectivity index (χ4v) is 2.46. The van der Waals surface area contributed by atoms with Crippen molar-refractivity contribution in [3.63, 3.8) is 0 Å². The molecule has 0 bridgehead atoms. The summed E-state index contributed by atoms with van der Waals surface area (Å²) in [6.45, 7) is 10.8. The fourth-order valence-electron chi connectivity index (χ4n) is 2.46. The lowest BCUT2D eigenvalue weighted by Gasteiger charge is -2.38. The molecule has 154 valence electrons. The quantitative estimate of drug-likeness (QED) is 0.457. The third-order valence-corrected chi connectivity index (χ3v) is 3.69. The number of anilines is 1. The Morgan fingerprint density at radius 2 is 2.04 bits per heavy atom. The Labute approximate surface area is 165 Å². The summed E-state index contributed by atoms with van der Waals surface area (Å²) in [5.74, 6) is 0.673. The maximum atomic E-state index is 13.0. The smallest absolute Gasteiger partial charge is 0.404 e. The van der Waals surface area contributed by atoms with Crippen molar-refractivity contribution in [2.75, 3.05) is 24.6 Å². The highest BCUT2D eigenvalue weighted by Gasteiger charge is 2.28. The van der Waals surface area contributed by atoms with Crippen LogP contribution in [0.1, 0.15) is 46.9 Å². The number of carboxylic acid groups (broad SMARTS) is 1. The van der Waals surface area contributed by atoms with Crippen LogP contribution in [-0.2, 0) is 0 Å². The summed E-state index contributed by atoms with van der Waals surface area (Å²) >= 11 is 0. The van der Waals surface area contributed by atoms with Gasteiger partial charge in [-0.15, -0.1) is 0 Å². The average Bonchev–Trinajstić information content (AvgIpc) is 2.59. The van der Waals surface area contributed by atoms with Crippen LogP contribution in [0.3, 0.4) is 0 Å². The monoisotopic (exact) mass is 391 g/mol. The third kappa shape index (κ3) is 7.65. The molecular weight excluding hydrogens is 362 g/mol. The number of hydrogen-bond acceptors (Lipinski definition) is 6. The Morgan fingerprint density at radius 1 is 1.36 bits per heavy atom. The van der Waals surface area contributed by atoms with E-state index in [1.807, 2.05) is 40.7 Å². The predicted octanol–water partition coefficient (Wildman–Crippen LogP) is 2.19. The number of amides is 3. The molecule has 1 heterocycles. The Balaban J connectivity index is 2.94. The minimum atomic E-state index is -1.09. The molecule has 1 rings (SSSR count). The maximum Gasteiger partial charge on any atom is 0.404 e. The van der Waals surface area contributed by atoms with Crippen molar-refractivity contribution >= 4 is 17.9 Å². The second-order valence-corrected chi connectivity index (χ2v) is 7.68. The molecule has 10 nitrogen and oxygen atoms in total. The minimum Gasteiger partial charge on any atom is -0.465 e. The van der Waals surface area contributed by atoms with Crippen molar-refractivity contribution in [3.8, 4) is 6.07 Å². The van der Waals surface area contributed by atoms with Gasteiger partial charge in [0.1, 0.15) is 6.07 Å². The first-order valence-corrected chi connectivity index (χ1v) is 9.10. The molecule has 3 amide bonds. The Morgan fingerprint density at radius 3 is 2.57 bits per heavy atom.